The molecule has 50 heavy (non-hydrogen) atoms. The van der Waals surface area contributed by atoms with E-state index in [9.17, 15) is 19.6 Å². The van der Waals surface area contributed by atoms with Crippen molar-refractivity contribution in [2.45, 2.75) is 47.8 Å². The number of ether oxygens (including phenoxy) is 2. The highest BCUT2D eigenvalue weighted by atomic mass is 35.5. The lowest BCUT2D eigenvalue weighted by Gasteiger charge is -2.13. The van der Waals surface area contributed by atoms with Gasteiger partial charge in [-0.25, -0.2) is 0 Å². The number of nitrogens with zero attached hydrogens (tertiary/aromatic N) is 1. The maximum atomic E-state index is 10.9. The average Bonchev–Trinajstić information content (AvgIpc) is 3.65. The molecule has 0 atom stereocenters. The molecule has 6 rings (SSSR count). The number of rotatable bonds is 8. The molecule has 2 aliphatic heterocycles. The minimum Gasteiger partial charge on any atom is -0.457 e. The Morgan fingerprint density at radius 1 is 0.740 bits per heavy atom. The van der Waals surface area contributed by atoms with Crippen molar-refractivity contribution in [1.29, 1.82) is 0 Å². The summed E-state index contributed by atoms with van der Waals surface area (Å²) in [5, 5.41) is 21.4. The van der Waals surface area contributed by atoms with Crippen molar-refractivity contribution in [3.63, 3.8) is 0 Å². The third kappa shape index (κ3) is 13.2. The van der Waals surface area contributed by atoms with Gasteiger partial charge in [0.15, 0.2) is 0 Å². The Bertz CT molecular complexity index is 1670. The monoisotopic (exact) mass is 703 g/mol. The molecule has 0 aliphatic carbocycles. The van der Waals surface area contributed by atoms with Crippen LogP contribution in [-0.4, -0.2) is 60.0 Å². The van der Waals surface area contributed by atoms with Crippen LogP contribution in [-0.2, 0) is 32.1 Å². The summed E-state index contributed by atoms with van der Waals surface area (Å²) in [5.74, 6) is 2.68. The summed E-state index contributed by atoms with van der Waals surface area (Å²) < 4.78 is 21.7. The summed E-state index contributed by atoms with van der Waals surface area (Å²) in [6.45, 7) is 13.7. The van der Waals surface area contributed by atoms with Crippen LogP contribution in [0.3, 0.4) is 0 Å². The molecule has 0 bridgehead atoms. The molecular weight excluding hydrogens is 659 g/mol. The standard InChI is InChI=1S/C15H14BNO4.C13H12BNO3.C6H15N.C2H3ClO/c1-10(18)17-12-2-4-13(5-3-12)21-14-6-7-15-11(8-14)9-20-16(15)19;15-10-1-3-11(4-2-10)18-12-5-6-13-9(7-12)8-17-14(13)16;1-4-7(5-2)6-3;1-2(3)4/h2-8,19H,9H2,1H3,(H,17,18);1-7,16H,8,15H2;4-6H2,1-3H3;1H3. The number of anilines is 2. The molecule has 5 N–H and O–H groups in total. The summed E-state index contributed by atoms with van der Waals surface area (Å²) in [7, 11) is -1.66. The van der Waals surface area contributed by atoms with Crippen LogP contribution in [0.25, 0.3) is 0 Å². The Balaban J connectivity index is 0.000000211. The smallest absolute Gasteiger partial charge is 0.457 e. The van der Waals surface area contributed by atoms with Gasteiger partial charge in [-0.2, -0.15) is 0 Å². The van der Waals surface area contributed by atoms with E-state index in [4.69, 9.17) is 24.5 Å². The Hall–Kier alpha value is -4.36. The van der Waals surface area contributed by atoms with Crippen LogP contribution in [0.5, 0.6) is 23.0 Å². The molecule has 4 aromatic carbocycles. The SMILES string of the molecule is CC(=O)Cl.CC(=O)Nc1ccc(Oc2ccc3c(c2)COB3O)cc1.CCN(CC)CC.Nc1ccc(Oc2ccc3c(c2)COB3O)cc1. The molecule has 0 saturated carbocycles. The van der Waals surface area contributed by atoms with Gasteiger partial charge in [0.25, 0.3) is 0 Å². The Labute approximate surface area is 299 Å². The fourth-order valence-electron chi connectivity index (χ4n) is 4.83. The third-order valence-corrected chi connectivity index (χ3v) is 7.42. The van der Waals surface area contributed by atoms with Gasteiger partial charge in [-0.3, -0.25) is 9.59 Å². The molecule has 0 aromatic heterocycles. The molecular formula is C36H44B2ClN3O8. The lowest BCUT2D eigenvalue weighted by Crippen LogP contribution is -2.27. The van der Waals surface area contributed by atoms with Crippen molar-refractivity contribution in [3.05, 3.63) is 96.1 Å². The largest absolute Gasteiger partial charge is 0.491 e. The summed E-state index contributed by atoms with van der Waals surface area (Å²) in [5.41, 5.74) is 10.5. The van der Waals surface area contributed by atoms with Crippen LogP contribution in [0.2, 0.25) is 0 Å². The fraction of sp³-hybridized carbons (Fsp3) is 0.278. The molecule has 2 heterocycles. The molecule has 0 saturated heterocycles. The molecule has 264 valence electrons. The molecule has 4 aromatic rings. The summed E-state index contributed by atoms with van der Waals surface area (Å²) in [6.07, 6.45) is 0. The van der Waals surface area contributed by atoms with E-state index in [1.165, 1.54) is 33.5 Å². The number of nitrogen functional groups attached to an aromatic ring is 1. The van der Waals surface area contributed by atoms with Gasteiger partial charge in [0.1, 0.15) is 23.0 Å². The molecule has 0 spiro atoms. The average molecular weight is 704 g/mol. The van der Waals surface area contributed by atoms with E-state index in [1.54, 1.807) is 48.5 Å². The van der Waals surface area contributed by atoms with E-state index in [2.05, 4.69) is 42.6 Å². The predicted octanol–water partition coefficient (Wildman–Crippen LogP) is 5.05. The molecule has 0 unspecified atom stereocenters. The number of benzene rings is 4. The second kappa shape index (κ2) is 20.3. The molecule has 11 nitrogen and oxygen atoms in total. The van der Waals surface area contributed by atoms with Crippen LogP contribution in [0, 0.1) is 0 Å². The number of nitrogens with one attached hydrogen (secondary N) is 1. The zero-order valence-electron chi connectivity index (χ0n) is 29.0. The van der Waals surface area contributed by atoms with Crippen LogP contribution in [0.1, 0.15) is 45.7 Å². The van der Waals surface area contributed by atoms with Crippen molar-refractivity contribution in [3.8, 4) is 23.0 Å². The number of halogens is 1. The van der Waals surface area contributed by atoms with E-state index in [-0.39, 0.29) is 11.1 Å². The van der Waals surface area contributed by atoms with Crippen molar-refractivity contribution in [2.24, 2.45) is 0 Å². The lowest BCUT2D eigenvalue weighted by molar-refractivity contribution is -0.114. The van der Waals surface area contributed by atoms with Crippen molar-refractivity contribution in [2.75, 3.05) is 30.7 Å². The first kappa shape index (κ1) is 40.1. The molecule has 14 heteroatoms. The van der Waals surface area contributed by atoms with Gasteiger partial charge in [0.2, 0.25) is 11.1 Å². The van der Waals surface area contributed by atoms with Crippen LogP contribution < -0.4 is 31.4 Å². The number of hydrogen-bond donors (Lipinski definition) is 4. The van der Waals surface area contributed by atoms with Gasteiger partial charge in [-0.15, -0.1) is 0 Å². The number of fused-ring (bicyclic) bond motifs is 2. The van der Waals surface area contributed by atoms with Crippen LogP contribution >= 0.6 is 11.6 Å². The number of nitrogens with two attached hydrogens (primary N) is 1. The molecule has 0 fully saturated rings. The maximum absolute atomic E-state index is 10.9. The van der Waals surface area contributed by atoms with Crippen LogP contribution in [0.4, 0.5) is 11.4 Å². The summed E-state index contributed by atoms with van der Waals surface area (Å²) in [4.78, 5) is 22.5. The summed E-state index contributed by atoms with van der Waals surface area (Å²) >= 11 is 4.64. The Morgan fingerprint density at radius 2 is 1.12 bits per heavy atom. The van der Waals surface area contributed by atoms with E-state index in [1.807, 2.05) is 36.4 Å². The van der Waals surface area contributed by atoms with Gasteiger partial charge in [0.05, 0.1) is 13.2 Å². The second-order valence-electron chi connectivity index (χ2n) is 11.1. The Morgan fingerprint density at radius 3 is 1.48 bits per heavy atom. The van der Waals surface area contributed by atoms with Gasteiger partial charge in [0, 0.05) is 25.2 Å². The van der Waals surface area contributed by atoms with Gasteiger partial charge in [-0.1, -0.05) is 32.9 Å². The minimum absolute atomic E-state index is 0.110. The molecule has 2 aliphatic rings. The minimum atomic E-state index is -0.842. The number of carbonyl (C=O) groups excluding carboxylic acids is 2. The van der Waals surface area contributed by atoms with Crippen molar-refractivity contribution >= 4 is 59.3 Å². The first-order valence-electron chi connectivity index (χ1n) is 16.2. The maximum Gasteiger partial charge on any atom is 0.491 e. The summed E-state index contributed by atoms with van der Waals surface area (Å²) in [6, 6.07) is 25.3. The molecule has 0 radical (unpaired) electrons. The highest BCUT2D eigenvalue weighted by molar-refractivity contribution is 6.63. The van der Waals surface area contributed by atoms with E-state index < -0.39 is 14.2 Å². The van der Waals surface area contributed by atoms with Crippen LogP contribution in [0.15, 0.2) is 84.9 Å². The normalized spacial score (nSPS) is 12.3. The highest BCUT2D eigenvalue weighted by Gasteiger charge is 2.28. The van der Waals surface area contributed by atoms with Gasteiger partial charge < -0.3 is 44.8 Å². The quantitative estimate of drug-likeness (QED) is 0.111. The number of hydrogen-bond acceptors (Lipinski definition) is 10. The van der Waals surface area contributed by atoms with Crippen molar-refractivity contribution < 1.29 is 38.4 Å². The van der Waals surface area contributed by atoms with E-state index in [0.717, 1.165) is 39.2 Å². The topological polar surface area (TPSA) is 153 Å². The van der Waals surface area contributed by atoms with Gasteiger partial charge >= 0.3 is 14.2 Å². The predicted molar refractivity (Wildman–Crippen MR) is 199 cm³/mol. The van der Waals surface area contributed by atoms with E-state index in [0.29, 0.717) is 30.4 Å². The first-order valence-corrected chi connectivity index (χ1v) is 16.6. The van der Waals surface area contributed by atoms with Gasteiger partial charge in [-0.05, 0) is 126 Å². The molecule has 1 amide bonds. The zero-order chi connectivity index (χ0) is 36.6. The highest BCUT2D eigenvalue weighted by Crippen LogP contribution is 2.26. The number of amides is 1. The fourth-order valence-corrected chi connectivity index (χ4v) is 4.83. The number of carbonyl (C=O) groups is 2. The first-order chi connectivity index (χ1) is 23.9. The lowest BCUT2D eigenvalue weighted by atomic mass is 9.80. The third-order valence-electron chi connectivity index (χ3n) is 7.42. The van der Waals surface area contributed by atoms with E-state index >= 15 is 0 Å². The second-order valence-corrected chi connectivity index (χ2v) is 11.6. The Kier molecular flexibility index (Phi) is 16.3. The van der Waals surface area contributed by atoms with Crippen molar-refractivity contribution in [1.82, 2.24) is 4.90 Å². The zero-order valence-corrected chi connectivity index (χ0v) is 29.8.